The van der Waals surface area contributed by atoms with Gasteiger partial charge < -0.3 is 0 Å². The molecular weight excluding hydrogens is 246 g/mol. The Bertz CT molecular complexity index is 507. The Balaban J connectivity index is 2.17. The molecule has 0 unspecified atom stereocenters. The fourth-order valence-corrected chi connectivity index (χ4v) is 2.33. The van der Waals surface area contributed by atoms with Crippen LogP contribution in [0.2, 0.25) is 4.34 Å². The van der Waals surface area contributed by atoms with E-state index in [0.29, 0.717) is 6.42 Å². The molecule has 5 heteroatoms. The van der Waals surface area contributed by atoms with Crippen molar-refractivity contribution in [1.29, 1.82) is 0 Å². The molecule has 2 rings (SSSR count). The van der Waals surface area contributed by atoms with Crippen LogP contribution in [-0.4, -0.2) is 4.92 Å². The van der Waals surface area contributed by atoms with Crippen LogP contribution in [0.4, 0.5) is 5.69 Å². The summed E-state index contributed by atoms with van der Waals surface area (Å²) >= 11 is 7.47. The van der Waals surface area contributed by atoms with E-state index >= 15 is 0 Å². The molecule has 1 heterocycles. The van der Waals surface area contributed by atoms with Crippen molar-refractivity contribution in [2.24, 2.45) is 0 Å². The lowest BCUT2D eigenvalue weighted by molar-refractivity contribution is -0.384. The van der Waals surface area contributed by atoms with E-state index < -0.39 is 4.92 Å². The Kier molecular flexibility index (Phi) is 3.22. The number of hydrogen-bond donors (Lipinski definition) is 0. The van der Waals surface area contributed by atoms with Gasteiger partial charge in [0.05, 0.1) is 9.26 Å². The number of nitro benzene ring substituents is 1. The van der Waals surface area contributed by atoms with Gasteiger partial charge in [0.1, 0.15) is 0 Å². The average Bonchev–Trinajstić information content (AvgIpc) is 2.65. The second kappa shape index (κ2) is 4.63. The molecule has 0 bridgehead atoms. The van der Waals surface area contributed by atoms with Crippen molar-refractivity contribution in [3.8, 4) is 0 Å². The van der Waals surface area contributed by atoms with Gasteiger partial charge >= 0.3 is 0 Å². The van der Waals surface area contributed by atoms with Crippen molar-refractivity contribution in [1.82, 2.24) is 0 Å². The molecular formula is C11H8ClNO2S. The highest BCUT2D eigenvalue weighted by Gasteiger charge is 2.06. The van der Waals surface area contributed by atoms with Gasteiger partial charge in [-0.1, -0.05) is 23.7 Å². The third-order valence-corrected chi connectivity index (χ3v) is 3.49. The number of halogens is 1. The third-order valence-electron chi connectivity index (χ3n) is 2.23. The number of non-ortho nitro benzene ring substituents is 1. The number of benzene rings is 1. The topological polar surface area (TPSA) is 43.1 Å². The van der Waals surface area contributed by atoms with Gasteiger partial charge in [0.15, 0.2) is 0 Å². The lowest BCUT2D eigenvalue weighted by Crippen LogP contribution is -1.90. The first-order chi connectivity index (χ1) is 7.66. The Morgan fingerprint density at radius 3 is 2.44 bits per heavy atom. The van der Waals surface area contributed by atoms with E-state index in [1.807, 2.05) is 11.4 Å². The molecule has 3 nitrogen and oxygen atoms in total. The number of hydrogen-bond acceptors (Lipinski definition) is 3. The summed E-state index contributed by atoms with van der Waals surface area (Å²) in [6, 6.07) is 8.50. The second-order valence-electron chi connectivity index (χ2n) is 3.32. The van der Waals surface area contributed by atoms with Crippen LogP contribution in [0.5, 0.6) is 0 Å². The molecule has 0 aliphatic heterocycles. The Morgan fingerprint density at radius 1 is 1.25 bits per heavy atom. The van der Waals surface area contributed by atoms with E-state index in [2.05, 4.69) is 0 Å². The maximum atomic E-state index is 10.5. The fraction of sp³-hybridized carbons (Fsp3) is 0.0909. The van der Waals surface area contributed by atoms with Gasteiger partial charge in [0.25, 0.3) is 5.69 Å². The van der Waals surface area contributed by atoms with Gasteiger partial charge in [-0.2, -0.15) is 0 Å². The number of thiophene rings is 1. The highest BCUT2D eigenvalue weighted by Crippen LogP contribution is 2.25. The van der Waals surface area contributed by atoms with Gasteiger partial charge in [-0.15, -0.1) is 11.3 Å². The van der Waals surface area contributed by atoms with E-state index in [1.165, 1.54) is 23.5 Å². The van der Waals surface area contributed by atoms with Crippen molar-refractivity contribution < 1.29 is 4.92 Å². The molecule has 0 saturated carbocycles. The normalized spacial score (nSPS) is 10.3. The average molecular weight is 254 g/mol. The molecule has 0 saturated heterocycles. The summed E-state index contributed by atoms with van der Waals surface area (Å²) in [4.78, 5) is 10.1. The Labute approximate surface area is 101 Å². The predicted octanol–water partition coefficient (Wildman–Crippen LogP) is 3.90. The molecule has 0 radical (unpaired) electrons. The molecule has 0 spiro atoms. The first-order valence-corrected chi connectivity index (χ1v) is 5.88. The number of nitro groups is 1. The summed E-state index contributed by atoms with van der Waals surface area (Å²) in [6.07, 6.45) is 0.709. The molecule has 0 aliphatic carbocycles. The molecule has 0 amide bonds. The molecule has 1 aromatic carbocycles. The van der Waals surface area contributed by atoms with Crippen molar-refractivity contribution >= 4 is 28.6 Å². The van der Waals surface area contributed by atoms with E-state index in [-0.39, 0.29) is 5.69 Å². The lowest BCUT2D eigenvalue weighted by atomic mass is 10.1. The summed E-state index contributed by atoms with van der Waals surface area (Å²) < 4.78 is 0.776. The molecule has 0 atom stereocenters. The van der Waals surface area contributed by atoms with Crippen LogP contribution in [0.1, 0.15) is 11.1 Å². The fourth-order valence-electron chi connectivity index (χ4n) is 1.40. The summed E-state index contributed by atoms with van der Waals surface area (Å²) in [5, 5.41) is 12.4. The van der Waals surface area contributed by atoms with Gasteiger partial charge in [0.2, 0.25) is 0 Å². The van der Waals surface area contributed by atoms with Crippen LogP contribution < -0.4 is 0 Å². The largest absolute Gasteiger partial charge is 0.269 e. The van der Waals surface area contributed by atoms with Gasteiger partial charge in [-0.25, -0.2) is 0 Å². The monoisotopic (exact) mass is 253 g/mol. The van der Waals surface area contributed by atoms with Crippen LogP contribution in [0.3, 0.4) is 0 Å². The SMILES string of the molecule is O=[N+]([O-])c1ccc(Cc2ccsc2Cl)cc1. The third kappa shape index (κ3) is 2.40. The van der Waals surface area contributed by atoms with Crippen LogP contribution in [0.15, 0.2) is 35.7 Å². The van der Waals surface area contributed by atoms with E-state index in [4.69, 9.17) is 11.6 Å². The van der Waals surface area contributed by atoms with Crippen molar-refractivity contribution in [2.75, 3.05) is 0 Å². The van der Waals surface area contributed by atoms with E-state index in [0.717, 1.165) is 15.5 Å². The van der Waals surface area contributed by atoms with Crippen LogP contribution in [0.25, 0.3) is 0 Å². The minimum atomic E-state index is -0.401. The van der Waals surface area contributed by atoms with E-state index in [9.17, 15) is 10.1 Å². The Morgan fingerprint density at radius 2 is 1.94 bits per heavy atom. The highest BCUT2D eigenvalue weighted by atomic mass is 35.5. The number of nitrogens with zero attached hydrogens (tertiary/aromatic N) is 1. The highest BCUT2D eigenvalue weighted by molar-refractivity contribution is 7.14. The Hall–Kier alpha value is -1.39. The molecule has 0 N–H and O–H groups in total. The zero-order valence-electron chi connectivity index (χ0n) is 8.22. The van der Waals surface area contributed by atoms with Gasteiger partial charge in [0, 0.05) is 12.1 Å². The molecule has 0 aliphatic rings. The molecule has 82 valence electrons. The maximum absolute atomic E-state index is 10.5. The summed E-state index contributed by atoms with van der Waals surface area (Å²) in [5.74, 6) is 0. The predicted molar refractivity (Wildman–Crippen MR) is 65.2 cm³/mol. The van der Waals surface area contributed by atoms with Crippen LogP contribution in [0, 0.1) is 10.1 Å². The minimum Gasteiger partial charge on any atom is -0.258 e. The van der Waals surface area contributed by atoms with Crippen molar-refractivity contribution in [3.63, 3.8) is 0 Å². The van der Waals surface area contributed by atoms with Gasteiger partial charge in [-0.05, 0) is 29.0 Å². The lowest BCUT2D eigenvalue weighted by Gasteiger charge is -1.99. The van der Waals surface area contributed by atoms with Crippen molar-refractivity contribution in [2.45, 2.75) is 6.42 Å². The zero-order chi connectivity index (χ0) is 11.5. The smallest absolute Gasteiger partial charge is 0.258 e. The quantitative estimate of drug-likeness (QED) is 0.615. The number of rotatable bonds is 3. The minimum absolute atomic E-state index is 0.111. The summed E-state index contributed by atoms with van der Waals surface area (Å²) in [7, 11) is 0. The molecule has 0 fully saturated rings. The van der Waals surface area contributed by atoms with Crippen LogP contribution in [-0.2, 0) is 6.42 Å². The first-order valence-electron chi connectivity index (χ1n) is 4.62. The standard InChI is InChI=1S/C11H8ClNO2S/c12-11-9(5-6-16-11)7-8-1-3-10(4-2-8)13(14)15/h1-6H,7H2. The van der Waals surface area contributed by atoms with Crippen molar-refractivity contribution in [3.05, 3.63) is 61.3 Å². The zero-order valence-corrected chi connectivity index (χ0v) is 9.79. The first kappa shape index (κ1) is 11.1. The summed E-state index contributed by atoms with van der Waals surface area (Å²) in [6.45, 7) is 0. The van der Waals surface area contributed by atoms with Crippen LogP contribution >= 0.6 is 22.9 Å². The maximum Gasteiger partial charge on any atom is 0.269 e. The van der Waals surface area contributed by atoms with E-state index in [1.54, 1.807) is 12.1 Å². The second-order valence-corrected chi connectivity index (χ2v) is 4.84. The molecule has 16 heavy (non-hydrogen) atoms. The summed E-state index contributed by atoms with van der Waals surface area (Å²) in [5.41, 5.74) is 2.19. The molecule has 1 aromatic heterocycles. The van der Waals surface area contributed by atoms with Gasteiger partial charge in [-0.3, -0.25) is 10.1 Å². The molecule has 2 aromatic rings.